The standard InChI is InChI=1S/C15H21N3O3/c1-18-8-7-17-13(18)9-11(16)10-5-6-12(19-2)15(21-4)14(10)20-3/h5-8,11H,9,16H2,1-4H3. The molecule has 0 radical (unpaired) electrons. The highest BCUT2D eigenvalue weighted by Crippen LogP contribution is 2.41. The van der Waals surface area contributed by atoms with Crippen LogP contribution in [0.25, 0.3) is 0 Å². The molecule has 6 nitrogen and oxygen atoms in total. The molecule has 0 aliphatic heterocycles. The zero-order valence-electron chi connectivity index (χ0n) is 12.8. The Kier molecular flexibility index (Phi) is 4.70. The van der Waals surface area contributed by atoms with Gasteiger partial charge in [-0.1, -0.05) is 0 Å². The monoisotopic (exact) mass is 291 g/mol. The SMILES string of the molecule is COc1ccc(C(N)Cc2nccn2C)c(OC)c1OC. The summed E-state index contributed by atoms with van der Waals surface area (Å²) in [5.41, 5.74) is 7.18. The first-order chi connectivity index (χ1) is 10.1. The molecule has 1 aromatic carbocycles. The Labute approximate surface area is 124 Å². The third-order valence-corrected chi connectivity index (χ3v) is 3.46. The van der Waals surface area contributed by atoms with E-state index in [4.69, 9.17) is 19.9 Å². The number of imidazole rings is 1. The second-order valence-electron chi connectivity index (χ2n) is 4.69. The van der Waals surface area contributed by atoms with Crippen LogP contribution in [0.1, 0.15) is 17.4 Å². The Morgan fingerprint density at radius 1 is 1.14 bits per heavy atom. The highest BCUT2D eigenvalue weighted by atomic mass is 16.5. The number of ether oxygens (including phenoxy) is 3. The molecule has 0 saturated heterocycles. The Hall–Kier alpha value is -2.21. The Balaban J connectivity index is 2.36. The van der Waals surface area contributed by atoms with Crippen molar-refractivity contribution < 1.29 is 14.2 Å². The van der Waals surface area contributed by atoms with Gasteiger partial charge in [-0.15, -0.1) is 0 Å². The number of hydrogen-bond acceptors (Lipinski definition) is 5. The van der Waals surface area contributed by atoms with E-state index in [1.165, 1.54) is 0 Å². The highest BCUT2D eigenvalue weighted by molar-refractivity contribution is 5.56. The molecule has 0 saturated carbocycles. The van der Waals surface area contributed by atoms with Crippen LogP contribution < -0.4 is 19.9 Å². The molecule has 0 amide bonds. The molecule has 0 aliphatic rings. The van der Waals surface area contributed by atoms with Crippen LogP contribution in [-0.4, -0.2) is 30.9 Å². The second kappa shape index (κ2) is 6.49. The van der Waals surface area contributed by atoms with Crippen molar-refractivity contribution in [3.8, 4) is 17.2 Å². The predicted octanol–water partition coefficient (Wildman–Crippen LogP) is 1.69. The maximum atomic E-state index is 6.32. The molecule has 6 heteroatoms. The number of aromatic nitrogens is 2. The summed E-state index contributed by atoms with van der Waals surface area (Å²) in [5.74, 6) is 2.67. The smallest absolute Gasteiger partial charge is 0.203 e. The minimum atomic E-state index is -0.249. The Bertz CT molecular complexity index is 610. The maximum absolute atomic E-state index is 6.32. The molecular formula is C15H21N3O3. The van der Waals surface area contributed by atoms with Crippen LogP contribution in [0.2, 0.25) is 0 Å². The second-order valence-corrected chi connectivity index (χ2v) is 4.69. The van der Waals surface area contributed by atoms with Gasteiger partial charge in [-0.2, -0.15) is 0 Å². The van der Waals surface area contributed by atoms with Crippen LogP contribution >= 0.6 is 0 Å². The molecule has 2 rings (SSSR count). The van der Waals surface area contributed by atoms with E-state index in [1.54, 1.807) is 27.5 Å². The van der Waals surface area contributed by atoms with Crippen molar-refractivity contribution in [2.24, 2.45) is 12.8 Å². The summed E-state index contributed by atoms with van der Waals surface area (Å²) in [6, 6.07) is 3.48. The maximum Gasteiger partial charge on any atom is 0.203 e. The molecule has 1 heterocycles. The molecule has 1 aromatic heterocycles. The van der Waals surface area contributed by atoms with Gasteiger partial charge in [0.2, 0.25) is 5.75 Å². The van der Waals surface area contributed by atoms with E-state index in [9.17, 15) is 0 Å². The molecule has 2 N–H and O–H groups in total. The largest absolute Gasteiger partial charge is 0.493 e. The summed E-state index contributed by atoms with van der Waals surface area (Å²) < 4.78 is 18.1. The van der Waals surface area contributed by atoms with Crippen molar-refractivity contribution in [3.05, 3.63) is 35.9 Å². The first kappa shape index (κ1) is 15.2. The number of aryl methyl sites for hydroxylation is 1. The Morgan fingerprint density at radius 3 is 2.38 bits per heavy atom. The van der Waals surface area contributed by atoms with E-state index in [2.05, 4.69) is 4.98 Å². The van der Waals surface area contributed by atoms with Gasteiger partial charge >= 0.3 is 0 Å². The Morgan fingerprint density at radius 2 is 1.86 bits per heavy atom. The summed E-state index contributed by atoms with van der Waals surface area (Å²) in [5, 5.41) is 0. The lowest BCUT2D eigenvalue weighted by atomic mass is 10.0. The molecule has 0 bridgehead atoms. The van der Waals surface area contributed by atoms with Gasteiger partial charge in [0.1, 0.15) is 5.82 Å². The highest BCUT2D eigenvalue weighted by Gasteiger charge is 2.21. The van der Waals surface area contributed by atoms with E-state index in [0.717, 1.165) is 11.4 Å². The zero-order chi connectivity index (χ0) is 15.4. The average Bonchev–Trinajstić information content (AvgIpc) is 2.90. The topological polar surface area (TPSA) is 71.5 Å². The van der Waals surface area contributed by atoms with Crippen LogP contribution in [0, 0.1) is 0 Å². The van der Waals surface area contributed by atoms with Gasteiger partial charge in [0.25, 0.3) is 0 Å². The van der Waals surface area contributed by atoms with E-state index in [0.29, 0.717) is 23.7 Å². The summed E-state index contributed by atoms with van der Waals surface area (Å²) >= 11 is 0. The normalized spacial score (nSPS) is 12.0. The van der Waals surface area contributed by atoms with Gasteiger partial charge in [-0.05, 0) is 12.1 Å². The molecule has 21 heavy (non-hydrogen) atoms. The molecule has 0 aliphatic carbocycles. The fourth-order valence-corrected chi connectivity index (χ4v) is 2.32. The minimum absolute atomic E-state index is 0.249. The number of nitrogens with two attached hydrogens (primary N) is 1. The molecular weight excluding hydrogens is 270 g/mol. The molecule has 114 valence electrons. The lowest BCUT2D eigenvalue weighted by Gasteiger charge is -2.19. The van der Waals surface area contributed by atoms with Crippen LogP contribution in [0.5, 0.6) is 17.2 Å². The van der Waals surface area contributed by atoms with E-state index in [1.807, 2.05) is 29.9 Å². The third-order valence-electron chi connectivity index (χ3n) is 3.46. The summed E-state index contributed by atoms with van der Waals surface area (Å²) in [6.07, 6.45) is 4.26. The molecule has 1 unspecified atom stereocenters. The number of methoxy groups -OCH3 is 3. The van der Waals surface area contributed by atoms with Crippen molar-refractivity contribution in [3.63, 3.8) is 0 Å². The molecule has 0 spiro atoms. The molecule has 0 fully saturated rings. The van der Waals surface area contributed by atoms with Crippen LogP contribution in [0.3, 0.4) is 0 Å². The quantitative estimate of drug-likeness (QED) is 0.877. The van der Waals surface area contributed by atoms with Crippen LogP contribution in [-0.2, 0) is 13.5 Å². The first-order valence-corrected chi connectivity index (χ1v) is 6.63. The van der Waals surface area contributed by atoms with Crippen molar-refractivity contribution in [2.45, 2.75) is 12.5 Å². The summed E-state index contributed by atoms with van der Waals surface area (Å²) in [7, 11) is 6.70. The van der Waals surface area contributed by atoms with Crippen molar-refractivity contribution in [1.82, 2.24) is 9.55 Å². The summed E-state index contributed by atoms with van der Waals surface area (Å²) in [6.45, 7) is 0. The number of rotatable bonds is 6. The van der Waals surface area contributed by atoms with Gasteiger partial charge in [-0.3, -0.25) is 0 Å². The third kappa shape index (κ3) is 2.95. The van der Waals surface area contributed by atoms with E-state index in [-0.39, 0.29) is 6.04 Å². The fraction of sp³-hybridized carbons (Fsp3) is 0.400. The van der Waals surface area contributed by atoms with Gasteiger partial charge in [0.05, 0.1) is 21.3 Å². The van der Waals surface area contributed by atoms with Gasteiger partial charge in [-0.25, -0.2) is 4.98 Å². The van der Waals surface area contributed by atoms with Crippen molar-refractivity contribution in [1.29, 1.82) is 0 Å². The zero-order valence-corrected chi connectivity index (χ0v) is 12.8. The van der Waals surface area contributed by atoms with E-state index < -0.39 is 0 Å². The predicted molar refractivity (Wildman–Crippen MR) is 79.9 cm³/mol. The van der Waals surface area contributed by atoms with Crippen molar-refractivity contribution >= 4 is 0 Å². The number of benzene rings is 1. The number of nitrogens with zero attached hydrogens (tertiary/aromatic N) is 2. The van der Waals surface area contributed by atoms with Crippen LogP contribution in [0.4, 0.5) is 0 Å². The lowest BCUT2D eigenvalue weighted by molar-refractivity contribution is 0.320. The minimum Gasteiger partial charge on any atom is -0.493 e. The van der Waals surface area contributed by atoms with Gasteiger partial charge in [0, 0.05) is 37.5 Å². The van der Waals surface area contributed by atoms with Gasteiger partial charge < -0.3 is 24.5 Å². The van der Waals surface area contributed by atoms with Crippen molar-refractivity contribution in [2.75, 3.05) is 21.3 Å². The average molecular weight is 291 g/mol. The van der Waals surface area contributed by atoms with Crippen LogP contribution in [0.15, 0.2) is 24.5 Å². The van der Waals surface area contributed by atoms with E-state index >= 15 is 0 Å². The molecule has 2 aromatic rings. The summed E-state index contributed by atoms with van der Waals surface area (Å²) in [4.78, 5) is 4.30. The lowest BCUT2D eigenvalue weighted by Crippen LogP contribution is -2.17. The number of hydrogen-bond donors (Lipinski definition) is 1. The molecule has 1 atom stereocenters. The first-order valence-electron chi connectivity index (χ1n) is 6.63. The fourth-order valence-electron chi connectivity index (χ4n) is 2.32. The van der Waals surface area contributed by atoms with Gasteiger partial charge in [0.15, 0.2) is 11.5 Å².